The molecule has 2 N–H and O–H groups in total. The number of pyridine rings is 1. The molecule has 0 bridgehead atoms. The maximum Gasteiger partial charge on any atom is 0.328 e. The molecule has 112 valence electrons. The van der Waals surface area contributed by atoms with Crippen LogP contribution in [0.25, 0.3) is 6.08 Å². The molecule has 1 aliphatic rings. The van der Waals surface area contributed by atoms with Gasteiger partial charge in [0.25, 0.3) is 5.91 Å². The molecule has 2 rings (SSSR count). The van der Waals surface area contributed by atoms with Gasteiger partial charge in [0.15, 0.2) is 0 Å². The second kappa shape index (κ2) is 6.99. The third kappa shape index (κ3) is 4.68. The van der Waals surface area contributed by atoms with Gasteiger partial charge >= 0.3 is 5.97 Å². The van der Waals surface area contributed by atoms with Crippen LogP contribution >= 0.6 is 0 Å². The molecule has 1 unspecified atom stereocenters. The monoisotopic (exact) mass is 289 g/mol. The van der Waals surface area contributed by atoms with Gasteiger partial charge in [-0.05, 0) is 43.6 Å². The zero-order valence-corrected chi connectivity index (χ0v) is 12.0. The smallest absolute Gasteiger partial charge is 0.328 e. The van der Waals surface area contributed by atoms with Crippen molar-refractivity contribution in [2.45, 2.75) is 6.42 Å². The van der Waals surface area contributed by atoms with Gasteiger partial charge in [-0.1, -0.05) is 6.07 Å². The lowest BCUT2D eigenvalue weighted by molar-refractivity contribution is -0.131. The summed E-state index contributed by atoms with van der Waals surface area (Å²) in [5, 5.41) is 11.4. The molecule has 2 heterocycles. The number of hydrogen-bond donors (Lipinski definition) is 2. The number of carboxylic acid groups (broad SMARTS) is 1. The van der Waals surface area contributed by atoms with Crippen LogP contribution < -0.4 is 5.32 Å². The van der Waals surface area contributed by atoms with Crippen molar-refractivity contribution in [1.82, 2.24) is 15.2 Å². The number of nitrogens with zero attached hydrogens (tertiary/aromatic N) is 2. The Morgan fingerprint density at radius 2 is 2.33 bits per heavy atom. The van der Waals surface area contributed by atoms with E-state index in [0.29, 0.717) is 23.7 Å². The van der Waals surface area contributed by atoms with Crippen LogP contribution in [-0.4, -0.2) is 53.5 Å². The van der Waals surface area contributed by atoms with E-state index in [1.54, 1.807) is 12.1 Å². The SMILES string of the molecule is CN1CCC(CNC(=O)c2ccc(C=CC(=O)O)cn2)C1. The molecule has 0 radical (unpaired) electrons. The summed E-state index contributed by atoms with van der Waals surface area (Å²) in [6.45, 7) is 2.74. The highest BCUT2D eigenvalue weighted by atomic mass is 16.4. The Balaban J connectivity index is 1.86. The van der Waals surface area contributed by atoms with E-state index < -0.39 is 5.97 Å². The van der Waals surface area contributed by atoms with Crippen LogP contribution in [0, 0.1) is 5.92 Å². The van der Waals surface area contributed by atoms with Gasteiger partial charge in [-0.25, -0.2) is 4.79 Å². The number of amides is 1. The zero-order valence-electron chi connectivity index (χ0n) is 12.0. The van der Waals surface area contributed by atoms with E-state index in [0.717, 1.165) is 25.6 Å². The minimum atomic E-state index is -1.02. The Morgan fingerprint density at radius 3 is 2.90 bits per heavy atom. The summed E-state index contributed by atoms with van der Waals surface area (Å²) in [5.74, 6) is -0.714. The lowest BCUT2D eigenvalue weighted by atomic mass is 10.1. The zero-order chi connectivity index (χ0) is 15.2. The Kier molecular flexibility index (Phi) is 5.05. The van der Waals surface area contributed by atoms with Crippen molar-refractivity contribution in [2.24, 2.45) is 5.92 Å². The fraction of sp³-hybridized carbons (Fsp3) is 0.400. The van der Waals surface area contributed by atoms with Crippen molar-refractivity contribution in [3.63, 3.8) is 0 Å². The molecular weight excluding hydrogens is 270 g/mol. The molecule has 6 heteroatoms. The van der Waals surface area contributed by atoms with E-state index >= 15 is 0 Å². The maximum atomic E-state index is 12.0. The minimum absolute atomic E-state index is 0.196. The highest BCUT2D eigenvalue weighted by molar-refractivity contribution is 5.92. The van der Waals surface area contributed by atoms with Gasteiger partial charge in [-0.15, -0.1) is 0 Å². The van der Waals surface area contributed by atoms with Crippen molar-refractivity contribution in [2.75, 3.05) is 26.7 Å². The highest BCUT2D eigenvalue weighted by Gasteiger charge is 2.20. The number of aromatic nitrogens is 1. The van der Waals surface area contributed by atoms with Gasteiger partial charge in [0.1, 0.15) is 5.69 Å². The van der Waals surface area contributed by atoms with Crippen LogP contribution in [0.2, 0.25) is 0 Å². The number of carboxylic acids is 1. The lowest BCUT2D eigenvalue weighted by Crippen LogP contribution is -2.30. The Bertz CT molecular complexity index is 540. The number of carbonyl (C=O) groups is 2. The van der Waals surface area contributed by atoms with Crippen LogP contribution in [0.5, 0.6) is 0 Å². The predicted molar refractivity (Wildman–Crippen MR) is 78.8 cm³/mol. The van der Waals surface area contributed by atoms with Crippen LogP contribution in [0.4, 0.5) is 0 Å². The van der Waals surface area contributed by atoms with E-state index in [1.165, 1.54) is 12.3 Å². The molecule has 1 amide bonds. The van der Waals surface area contributed by atoms with Crippen LogP contribution in [0.1, 0.15) is 22.5 Å². The first-order chi connectivity index (χ1) is 10.0. The average molecular weight is 289 g/mol. The van der Waals surface area contributed by atoms with Crippen molar-refractivity contribution in [1.29, 1.82) is 0 Å². The first-order valence-electron chi connectivity index (χ1n) is 6.88. The Hall–Kier alpha value is -2.21. The van der Waals surface area contributed by atoms with Crippen LogP contribution in [0.15, 0.2) is 24.4 Å². The highest BCUT2D eigenvalue weighted by Crippen LogP contribution is 2.13. The fourth-order valence-electron chi connectivity index (χ4n) is 2.33. The second-order valence-corrected chi connectivity index (χ2v) is 5.28. The first kappa shape index (κ1) is 15.2. The maximum absolute atomic E-state index is 12.0. The van der Waals surface area contributed by atoms with E-state index in [-0.39, 0.29) is 5.91 Å². The van der Waals surface area contributed by atoms with Gasteiger partial charge in [0.2, 0.25) is 0 Å². The normalized spacial score (nSPS) is 19.0. The van der Waals surface area contributed by atoms with Crippen LogP contribution in [0.3, 0.4) is 0 Å². The summed E-state index contributed by atoms with van der Waals surface area (Å²) in [7, 11) is 2.08. The molecule has 0 spiro atoms. The van der Waals surface area contributed by atoms with Gasteiger partial charge in [0, 0.05) is 25.4 Å². The first-order valence-corrected chi connectivity index (χ1v) is 6.88. The average Bonchev–Trinajstić information content (AvgIpc) is 2.89. The van der Waals surface area contributed by atoms with E-state index in [9.17, 15) is 9.59 Å². The third-order valence-corrected chi connectivity index (χ3v) is 3.48. The molecule has 0 aromatic carbocycles. The number of hydrogen-bond acceptors (Lipinski definition) is 4. The second-order valence-electron chi connectivity index (χ2n) is 5.28. The molecular formula is C15H19N3O3. The van der Waals surface area contributed by atoms with Gasteiger partial charge in [-0.2, -0.15) is 0 Å². The van der Waals surface area contributed by atoms with E-state index in [1.807, 2.05) is 0 Å². The van der Waals surface area contributed by atoms with Gasteiger partial charge in [-0.3, -0.25) is 9.78 Å². The molecule has 1 aromatic heterocycles. The molecule has 0 aliphatic carbocycles. The number of nitrogens with one attached hydrogen (secondary N) is 1. The standard InChI is InChI=1S/C15H19N3O3/c1-18-7-6-12(10-18)9-17-15(21)13-4-2-11(8-16-13)3-5-14(19)20/h2-5,8,12H,6-7,9-10H2,1H3,(H,17,21)(H,19,20). The third-order valence-electron chi connectivity index (χ3n) is 3.48. The summed E-state index contributed by atoms with van der Waals surface area (Å²) in [4.78, 5) is 28.7. The number of likely N-dealkylation sites (tertiary alicyclic amines) is 1. The quantitative estimate of drug-likeness (QED) is 0.786. The summed E-state index contributed by atoms with van der Waals surface area (Å²) in [6.07, 6.45) is 5.06. The predicted octanol–water partition coefficient (Wildman–Crippen LogP) is 0.861. The van der Waals surface area contributed by atoms with Crippen molar-refractivity contribution >= 4 is 18.0 Å². The summed E-state index contributed by atoms with van der Waals surface area (Å²) < 4.78 is 0. The van der Waals surface area contributed by atoms with E-state index in [4.69, 9.17) is 5.11 Å². The van der Waals surface area contributed by atoms with Crippen molar-refractivity contribution in [3.05, 3.63) is 35.7 Å². The fourth-order valence-corrected chi connectivity index (χ4v) is 2.33. The Labute approximate surface area is 123 Å². The summed E-state index contributed by atoms with van der Waals surface area (Å²) >= 11 is 0. The molecule has 21 heavy (non-hydrogen) atoms. The molecule has 1 aromatic rings. The minimum Gasteiger partial charge on any atom is -0.478 e. The summed E-state index contributed by atoms with van der Waals surface area (Å²) in [6, 6.07) is 3.27. The van der Waals surface area contributed by atoms with E-state index in [2.05, 4.69) is 22.2 Å². The van der Waals surface area contributed by atoms with Crippen LogP contribution in [-0.2, 0) is 4.79 Å². The number of carbonyl (C=O) groups excluding carboxylic acids is 1. The largest absolute Gasteiger partial charge is 0.478 e. The molecule has 1 fully saturated rings. The Morgan fingerprint density at radius 1 is 1.52 bits per heavy atom. The van der Waals surface area contributed by atoms with Gasteiger partial charge < -0.3 is 15.3 Å². The van der Waals surface area contributed by atoms with Gasteiger partial charge in [0.05, 0.1) is 0 Å². The lowest BCUT2D eigenvalue weighted by Gasteiger charge is -2.11. The summed E-state index contributed by atoms with van der Waals surface area (Å²) in [5.41, 5.74) is 0.986. The topological polar surface area (TPSA) is 82.5 Å². The molecule has 1 atom stereocenters. The number of rotatable bonds is 5. The number of aliphatic carboxylic acids is 1. The molecule has 1 aliphatic heterocycles. The molecule has 0 saturated carbocycles. The molecule has 6 nitrogen and oxygen atoms in total. The van der Waals surface area contributed by atoms with Crippen molar-refractivity contribution in [3.8, 4) is 0 Å². The molecule has 1 saturated heterocycles. The van der Waals surface area contributed by atoms with Crippen molar-refractivity contribution < 1.29 is 14.7 Å².